The first-order valence-corrected chi connectivity index (χ1v) is 10.3. The summed E-state index contributed by atoms with van der Waals surface area (Å²) in [5, 5.41) is 0. The Labute approximate surface area is 174 Å². The smallest absolute Gasteiger partial charge is 0.126 e. The van der Waals surface area contributed by atoms with E-state index in [9.17, 15) is 0 Å². The van der Waals surface area contributed by atoms with Crippen LogP contribution in [0, 0.1) is 6.92 Å². The lowest BCUT2D eigenvalue weighted by Gasteiger charge is -2.26. The SMILES string of the molecule is Cc1cc(-c2ccc3ncc4ncn(CCCN5CCOCC5)c4c3n2)cnc1N. The summed E-state index contributed by atoms with van der Waals surface area (Å²) in [6, 6.07) is 6.00. The van der Waals surface area contributed by atoms with E-state index in [1.54, 1.807) is 6.20 Å². The minimum Gasteiger partial charge on any atom is -0.383 e. The second kappa shape index (κ2) is 7.97. The van der Waals surface area contributed by atoms with Crippen LogP contribution in [0.4, 0.5) is 5.82 Å². The van der Waals surface area contributed by atoms with Gasteiger partial charge in [-0.3, -0.25) is 9.88 Å². The molecule has 4 aromatic rings. The maximum atomic E-state index is 5.87. The quantitative estimate of drug-likeness (QED) is 0.547. The van der Waals surface area contributed by atoms with Gasteiger partial charge in [-0.05, 0) is 37.1 Å². The largest absolute Gasteiger partial charge is 0.383 e. The number of hydrogen-bond donors (Lipinski definition) is 1. The summed E-state index contributed by atoms with van der Waals surface area (Å²) in [6.45, 7) is 7.58. The van der Waals surface area contributed by atoms with Crippen LogP contribution in [0.5, 0.6) is 0 Å². The Bertz CT molecular complexity index is 1200. The summed E-state index contributed by atoms with van der Waals surface area (Å²) < 4.78 is 7.63. The van der Waals surface area contributed by atoms with E-state index in [-0.39, 0.29) is 0 Å². The molecule has 8 nitrogen and oxygen atoms in total. The molecule has 0 radical (unpaired) electrons. The van der Waals surface area contributed by atoms with Gasteiger partial charge in [0.1, 0.15) is 16.9 Å². The molecule has 1 saturated heterocycles. The van der Waals surface area contributed by atoms with E-state index in [0.717, 1.165) is 84.7 Å². The van der Waals surface area contributed by atoms with Crippen LogP contribution in [-0.2, 0) is 11.3 Å². The number of ether oxygens (including phenoxy) is 1. The minimum absolute atomic E-state index is 0.543. The Kier molecular flexibility index (Phi) is 5.02. The maximum Gasteiger partial charge on any atom is 0.126 e. The van der Waals surface area contributed by atoms with E-state index >= 15 is 0 Å². The van der Waals surface area contributed by atoms with Crippen molar-refractivity contribution in [2.45, 2.75) is 19.9 Å². The van der Waals surface area contributed by atoms with Gasteiger partial charge < -0.3 is 15.0 Å². The molecule has 8 heteroatoms. The van der Waals surface area contributed by atoms with Crippen LogP contribution in [0.1, 0.15) is 12.0 Å². The number of fused-ring (bicyclic) bond motifs is 3. The van der Waals surface area contributed by atoms with Gasteiger partial charge in [0.2, 0.25) is 0 Å². The van der Waals surface area contributed by atoms with E-state index in [2.05, 4.69) is 24.4 Å². The van der Waals surface area contributed by atoms with Gasteiger partial charge in [0, 0.05) is 37.9 Å². The van der Waals surface area contributed by atoms with Crippen molar-refractivity contribution in [3.05, 3.63) is 42.5 Å². The number of imidazole rings is 1. The Hall–Kier alpha value is -3.10. The summed E-state index contributed by atoms with van der Waals surface area (Å²) in [6.07, 6.45) is 6.54. The Morgan fingerprint density at radius 2 is 1.90 bits per heavy atom. The fraction of sp³-hybridized carbons (Fsp3) is 0.364. The number of aryl methyl sites for hydroxylation is 2. The van der Waals surface area contributed by atoms with Gasteiger partial charge in [0.25, 0.3) is 0 Å². The molecule has 0 unspecified atom stereocenters. The van der Waals surface area contributed by atoms with Crippen LogP contribution in [0.3, 0.4) is 0 Å². The molecule has 154 valence electrons. The number of nitrogens with zero attached hydrogens (tertiary/aromatic N) is 6. The van der Waals surface area contributed by atoms with Gasteiger partial charge in [-0.2, -0.15) is 0 Å². The molecule has 0 aliphatic carbocycles. The summed E-state index contributed by atoms with van der Waals surface area (Å²) in [5.74, 6) is 0.543. The highest BCUT2D eigenvalue weighted by atomic mass is 16.5. The molecular formula is C22H25N7O. The lowest BCUT2D eigenvalue weighted by atomic mass is 10.1. The summed E-state index contributed by atoms with van der Waals surface area (Å²) in [7, 11) is 0. The molecule has 1 fully saturated rings. The Balaban J connectivity index is 1.48. The van der Waals surface area contributed by atoms with Gasteiger partial charge in [-0.15, -0.1) is 0 Å². The van der Waals surface area contributed by atoms with Crippen molar-refractivity contribution in [3.63, 3.8) is 0 Å². The summed E-state index contributed by atoms with van der Waals surface area (Å²) in [4.78, 5) is 20.8. The van der Waals surface area contributed by atoms with Crippen LogP contribution in [0.25, 0.3) is 33.3 Å². The van der Waals surface area contributed by atoms with Gasteiger partial charge >= 0.3 is 0 Å². The van der Waals surface area contributed by atoms with Crippen LogP contribution in [0.15, 0.2) is 36.9 Å². The first kappa shape index (κ1) is 18.9. The molecule has 5 rings (SSSR count). The fourth-order valence-electron chi connectivity index (χ4n) is 3.96. The fourth-order valence-corrected chi connectivity index (χ4v) is 3.96. The molecule has 1 aliphatic heterocycles. The predicted octanol–water partition coefficient (Wildman–Crippen LogP) is 2.65. The van der Waals surface area contributed by atoms with Gasteiger partial charge in [-0.25, -0.2) is 15.0 Å². The molecule has 0 bridgehead atoms. The van der Waals surface area contributed by atoms with Crippen molar-refractivity contribution < 1.29 is 4.74 Å². The lowest BCUT2D eigenvalue weighted by molar-refractivity contribution is 0.0369. The van der Waals surface area contributed by atoms with Crippen molar-refractivity contribution in [1.29, 1.82) is 0 Å². The highest BCUT2D eigenvalue weighted by Gasteiger charge is 2.13. The second-order valence-corrected chi connectivity index (χ2v) is 7.73. The van der Waals surface area contributed by atoms with E-state index in [0.29, 0.717) is 5.82 Å². The maximum absolute atomic E-state index is 5.87. The highest BCUT2D eigenvalue weighted by Crippen LogP contribution is 2.26. The number of morpholine rings is 1. The van der Waals surface area contributed by atoms with Crippen LogP contribution < -0.4 is 5.73 Å². The molecular weight excluding hydrogens is 378 g/mol. The molecule has 0 spiro atoms. The van der Waals surface area contributed by atoms with Crippen molar-refractivity contribution in [2.24, 2.45) is 0 Å². The Morgan fingerprint density at radius 1 is 1.03 bits per heavy atom. The highest BCUT2D eigenvalue weighted by molar-refractivity contribution is 6.00. The Morgan fingerprint density at radius 3 is 2.73 bits per heavy atom. The third-order valence-corrected chi connectivity index (χ3v) is 5.68. The van der Waals surface area contributed by atoms with Crippen molar-refractivity contribution in [2.75, 3.05) is 38.6 Å². The van der Waals surface area contributed by atoms with E-state index in [1.807, 2.05) is 37.6 Å². The van der Waals surface area contributed by atoms with Gasteiger partial charge in [-0.1, -0.05) is 0 Å². The predicted molar refractivity (Wildman–Crippen MR) is 117 cm³/mol. The number of nitrogen functional groups attached to an aromatic ring is 1. The van der Waals surface area contributed by atoms with Gasteiger partial charge in [0.15, 0.2) is 0 Å². The molecule has 4 aromatic heterocycles. The average molecular weight is 403 g/mol. The normalized spacial score (nSPS) is 15.2. The number of aromatic nitrogens is 5. The standard InChI is InChI=1S/C22H25N7O/c1-15-11-16(12-25-22(15)23)17-3-4-18-20(27-17)21-19(13-24-18)26-14-29(21)6-2-5-28-7-9-30-10-8-28/h3-4,11-14H,2,5-10H2,1H3,(H2,23,25). The van der Waals surface area contributed by atoms with Crippen LogP contribution in [-0.4, -0.2) is 62.3 Å². The molecule has 1 aliphatic rings. The first-order chi connectivity index (χ1) is 14.7. The molecule has 30 heavy (non-hydrogen) atoms. The third-order valence-electron chi connectivity index (χ3n) is 5.68. The number of rotatable bonds is 5. The molecule has 0 atom stereocenters. The first-order valence-electron chi connectivity index (χ1n) is 10.3. The molecule has 0 aromatic carbocycles. The number of hydrogen-bond acceptors (Lipinski definition) is 7. The lowest BCUT2D eigenvalue weighted by Crippen LogP contribution is -2.37. The molecule has 2 N–H and O–H groups in total. The molecule has 5 heterocycles. The van der Waals surface area contributed by atoms with Crippen molar-refractivity contribution in [3.8, 4) is 11.3 Å². The monoisotopic (exact) mass is 403 g/mol. The van der Waals surface area contributed by atoms with E-state index < -0.39 is 0 Å². The number of nitrogens with two attached hydrogens (primary N) is 1. The van der Waals surface area contributed by atoms with Crippen molar-refractivity contribution >= 4 is 27.9 Å². The van der Waals surface area contributed by atoms with E-state index in [4.69, 9.17) is 15.5 Å². The minimum atomic E-state index is 0.543. The molecule has 0 amide bonds. The van der Waals surface area contributed by atoms with Crippen molar-refractivity contribution in [1.82, 2.24) is 29.4 Å². The zero-order chi connectivity index (χ0) is 20.5. The zero-order valence-corrected chi connectivity index (χ0v) is 17.1. The molecule has 0 saturated carbocycles. The average Bonchev–Trinajstić information content (AvgIpc) is 3.20. The van der Waals surface area contributed by atoms with Gasteiger partial charge in [0.05, 0.1) is 42.5 Å². The second-order valence-electron chi connectivity index (χ2n) is 7.73. The topological polar surface area (TPSA) is 95.0 Å². The number of pyridine rings is 3. The zero-order valence-electron chi connectivity index (χ0n) is 17.1. The summed E-state index contributed by atoms with van der Waals surface area (Å²) in [5.41, 5.74) is 12.2. The summed E-state index contributed by atoms with van der Waals surface area (Å²) >= 11 is 0. The van der Waals surface area contributed by atoms with Crippen LogP contribution >= 0.6 is 0 Å². The van der Waals surface area contributed by atoms with Crippen LogP contribution in [0.2, 0.25) is 0 Å². The third kappa shape index (κ3) is 3.59. The number of anilines is 1. The van der Waals surface area contributed by atoms with E-state index in [1.165, 1.54) is 0 Å².